The summed E-state index contributed by atoms with van der Waals surface area (Å²) in [5.74, 6) is 0.835. The fourth-order valence-corrected chi connectivity index (χ4v) is 3.61. The highest BCUT2D eigenvalue weighted by Crippen LogP contribution is 2.29. The molecule has 0 atom stereocenters. The zero-order chi connectivity index (χ0) is 20.4. The number of oxazole rings is 1. The van der Waals surface area contributed by atoms with E-state index in [0.29, 0.717) is 48.5 Å². The van der Waals surface area contributed by atoms with E-state index in [1.165, 1.54) is 0 Å². The van der Waals surface area contributed by atoms with Crippen LogP contribution in [0.5, 0.6) is 0 Å². The van der Waals surface area contributed by atoms with Gasteiger partial charge in [-0.15, -0.1) is 0 Å². The molecular formula is C22H19ClN4O2. The summed E-state index contributed by atoms with van der Waals surface area (Å²) in [4.78, 5) is 20.8. The molecule has 0 saturated carbocycles. The molecule has 0 aliphatic carbocycles. The molecule has 1 amide bonds. The van der Waals surface area contributed by atoms with Crippen LogP contribution in [0.25, 0.3) is 11.5 Å². The van der Waals surface area contributed by atoms with Crippen LogP contribution in [-0.2, 0) is 0 Å². The molecule has 3 aromatic rings. The Morgan fingerprint density at radius 3 is 2.59 bits per heavy atom. The predicted molar refractivity (Wildman–Crippen MR) is 111 cm³/mol. The number of nitriles is 1. The summed E-state index contributed by atoms with van der Waals surface area (Å²) in [6, 6.07) is 16.9. The third-order valence-electron chi connectivity index (χ3n) is 4.91. The zero-order valence-corrected chi connectivity index (χ0v) is 16.7. The Kier molecular flexibility index (Phi) is 5.24. The lowest BCUT2D eigenvalue weighted by atomic mass is 10.1. The van der Waals surface area contributed by atoms with Gasteiger partial charge < -0.3 is 14.2 Å². The van der Waals surface area contributed by atoms with E-state index >= 15 is 0 Å². The average molecular weight is 407 g/mol. The van der Waals surface area contributed by atoms with E-state index in [9.17, 15) is 10.1 Å². The van der Waals surface area contributed by atoms with Crippen molar-refractivity contribution in [3.8, 4) is 17.5 Å². The number of rotatable bonds is 3. The minimum atomic E-state index is -0.0503. The molecule has 2 heterocycles. The molecule has 1 fully saturated rings. The van der Waals surface area contributed by atoms with Gasteiger partial charge in [-0.05, 0) is 37.3 Å². The van der Waals surface area contributed by atoms with Crippen LogP contribution in [0, 0.1) is 18.3 Å². The molecule has 29 heavy (non-hydrogen) atoms. The normalized spacial score (nSPS) is 14.0. The summed E-state index contributed by atoms with van der Waals surface area (Å²) in [6.45, 7) is 4.16. The van der Waals surface area contributed by atoms with Gasteiger partial charge >= 0.3 is 0 Å². The number of anilines is 1. The van der Waals surface area contributed by atoms with Crippen molar-refractivity contribution in [3.05, 3.63) is 70.4 Å². The molecule has 0 bridgehead atoms. The molecule has 0 unspecified atom stereocenters. The van der Waals surface area contributed by atoms with Crippen molar-refractivity contribution in [2.45, 2.75) is 6.92 Å². The summed E-state index contributed by atoms with van der Waals surface area (Å²) >= 11 is 6.00. The molecule has 0 radical (unpaired) electrons. The standard InChI is InChI=1S/C22H19ClN4O2/c1-15-4-2-5-16(12-15)20-25-19(14-24)22(29-20)27-10-8-26(9-11-27)21(28)17-6-3-7-18(23)13-17/h2-7,12-13H,8-11H2,1H3. The second kappa shape index (κ2) is 7.98. The molecule has 1 aliphatic rings. The monoisotopic (exact) mass is 406 g/mol. The number of carbonyl (C=O) groups excluding carboxylic acids is 1. The highest BCUT2D eigenvalue weighted by Gasteiger charge is 2.27. The van der Waals surface area contributed by atoms with Crippen LogP contribution in [0.2, 0.25) is 5.02 Å². The lowest BCUT2D eigenvalue weighted by Crippen LogP contribution is -2.48. The van der Waals surface area contributed by atoms with Crippen LogP contribution in [0.1, 0.15) is 21.6 Å². The van der Waals surface area contributed by atoms with Gasteiger partial charge in [0.2, 0.25) is 17.5 Å². The van der Waals surface area contributed by atoms with Crippen molar-refractivity contribution in [2.75, 3.05) is 31.1 Å². The van der Waals surface area contributed by atoms with Crippen LogP contribution in [-0.4, -0.2) is 42.0 Å². The number of aromatic nitrogens is 1. The quantitative estimate of drug-likeness (QED) is 0.653. The molecule has 1 aliphatic heterocycles. The Labute approximate surface area is 173 Å². The summed E-state index contributed by atoms with van der Waals surface area (Å²) in [6.07, 6.45) is 0. The summed E-state index contributed by atoms with van der Waals surface area (Å²) < 4.78 is 5.95. The van der Waals surface area contributed by atoms with Crippen molar-refractivity contribution < 1.29 is 9.21 Å². The van der Waals surface area contributed by atoms with Crippen molar-refractivity contribution >= 4 is 23.4 Å². The molecule has 0 spiro atoms. The first-order valence-electron chi connectivity index (χ1n) is 9.33. The van der Waals surface area contributed by atoms with Crippen LogP contribution in [0.3, 0.4) is 0 Å². The molecule has 0 N–H and O–H groups in total. The topological polar surface area (TPSA) is 73.4 Å². The number of carbonyl (C=O) groups is 1. The summed E-state index contributed by atoms with van der Waals surface area (Å²) in [5.41, 5.74) is 2.76. The number of piperazine rings is 1. The van der Waals surface area contributed by atoms with E-state index in [-0.39, 0.29) is 11.6 Å². The fraction of sp³-hybridized carbons (Fsp3) is 0.227. The molecule has 1 aromatic heterocycles. The fourth-order valence-electron chi connectivity index (χ4n) is 3.42. The number of nitrogens with zero attached hydrogens (tertiary/aromatic N) is 4. The van der Waals surface area contributed by atoms with Gasteiger partial charge in [0.15, 0.2) is 0 Å². The van der Waals surface area contributed by atoms with Gasteiger partial charge in [0.1, 0.15) is 6.07 Å². The number of aryl methyl sites for hydroxylation is 1. The van der Waals surface area contributed by atoms with Gasteiger partial charge in [0, 0.05) is 42.3 Å². The largest absolute Gasteiger partial charge is 0.419 e. The van der Waals surface area contributed by atoms with Gasteiger partial charge in [-0.25, -0.2) is 0 Å². The second-order valence-corrected chi connectivity index (χ2v) is 7.38. The summed E-state index contributed by atoms with van der Waals surface area (Å²) in [5, 5.41) is 10.0. The lowest BCUT2D eigenvalue weighted by Gasteiger charge is -2.34. The van der Waals surface area contributed by atoms with Gasteiger partial charge in [-0.3, -0.25) is 4.79 Å². The van der Waals surface area contributed by atoms with Crippen LogP contribution < -0.4 is 4.90 Å². The van der Waals surface area contributed by atoms with Crippen LogP contribution >= 0.6 is 11.6 Å². The Morgan fingerprint density at radius 2 is 1.90 bits per heavy atom. The van der Waals surface area contributed by atoms with Gasteiger partial charge in [0.25, 0.3) is 5.91 Å². The number of halogens is 1. The minimum Gasteiger partial charge on any atom is -0.419 e. The molecular weight excluding hydrogens is 388 g/mol. The first-order chi connectivity index (χ1) is 14.0. The minimum absolute atomic E-state index is 0.0503. The molecule has 6 nitrogen and oxygen atoms in total. The van der Waals surface area contributed by atoms with E-state index in [1.807, 2.05) is 36.1 Å². The predicted octanol–water partition coefficient (Wildman–Crippen LogP) is 4.14. The molecule has 1 saturated heterocycles. The van der Waals surface area contributed by atoms with Gasteiger partial charge in [-0.1, -0.05) is 35.4 Å². The van der Waals surface area contributed by atoms with Crippen molar-refractivity contribution in [3.63, 3.8) is 0 Å². The Morgan fingerprint density at radius 1 is 1.14 bits per heavy atom. The van der Waals surface area contributed by atoms with Crippen molar-refractivity contribution in [1.82, 2.24) is 9.88 Å². The van der Waals surface area contributed by atoms with E-state index < -0.39 is 0 Å². The van der Waals surface area contributed by atoms with E-state index in [0.717, 1.165) is 11.1 Å². The zero-order valence-electron chi connectivity index (χ0n) is 15.9. The van der Waals surface area contributed by atoms with E-state index in [4.69, 9.17) is 16.0 Å². The Bertz CT molecular complexity index is 1090. The van der Waals surface area contributed by atoms with E-state index in [1.54, 1.807) is 29.2 Å². The van der Waals surface area contributed by atoms with Crippen LogP contribution in [0.15, 0.2) is 52.9 Å². The maximum absolute atomic E-state index is 12.7. The molecule has 7 heteroatoms. The first kappa shape index (κ1) is 19.0. The highest BCUT2D eigenvalue weighted by atomic mass is 35.5. The van der Waals surface area contributed by atoms with Crippen molar-refractivity contribution in [2.24, 2.45) is 0 Å². The first-order valence-corrected chi connectivity index (χ1v) is 9.70. The maximum atomic E-state index is 12.7. The number of hydrogen-bond donors (Lipinski definition) is 0. The maximum Gasteiger partial charge on any atom is 0.254 e. The van der Waals surface area contributed by atoms with Crippen LogP contribution in [0.4, 0.5) is 5.88 Å². The Hall–Kier alpha value is -3.30. The Balaban J connectivity index is 1.50. The third-order valence-corrected chi connectivity index (χ3v) is 5.14. The number of benzene rings is 2. The highest BCUT2D eigenvalue weighted by molar-refractivity contribution is 6.30. The molecule has 4 rings (SSSR count). The second-order valence-electron chi connectivity index (χ2n) is 6.94. The van der Waals surface area contributed by atoms with Crippen molar-refractivity contribution in [1.29, 1.82) is 5.26 Å². The SMILES string of the molecule is Cc1cccc(-c2nc(C#N)c(N3CCN(C(=O)c4cccc(Cl)c4)CC3)o2)c1. The third kappa shape index (κ3) is 3.96. The smallest absolute Gasteiger partial charge is 0.254 e. The summed E-state index contributed by atoms with van der Waals surface area (Å²) in [7, 11) is 0. The number of amides is 1. The van der Waals surface area contributed by atoms with Gasteiger partial charge in [-0.2, -0.15) is 10.2 Å². The lowest BCUT2D eigenvalue weighted by molar-refractivity contribution is 0.0745. The van der Waals surface area contributed by atoms with E-state index in [2.05, 4.69) is 11.1 Å². The number of hydrogen-bond acceptors (Lipinski definition) is 5. The molecule has 2 aromatic carbocycles. The van der Waals surface area contributed by atoms with Gasteiger partial charge in [0.05, 0.1) is 0 Å². The molecule has 146 valence electrons. The average Bonchev–Trinajstić information content (AvgIpc) is 3.18.